The number of rotatable bonds is 3. The van der Waals surface area contributed by atoms with Crippen molar-refractivity contribution in [1.82, 2.24) is 9.80 Å². The highest BCUT2D eigenvalue weighted by molar-refractivity contribution is 5.79. The fraction of sp³-hybridized carbons (Fsp3) is 0.391. The minimum absolute atomic E-state index is 0.0486. The predicted molar refractivity (Wildman–Crippen MR) is 108 cm³/mol. The van der Waals surface area contributed by atoms with Crippen LogP contribution in [0, 0.1) is 5.92 Å². The summed E-state index contributed by atoms with van der Waals surface area (Å²) in [5, 5.41) is 9.33. The molecule has 0 saturated carbocycles. The Labute approximate surface area is 169 Å². The average Bonchev–Trinajstić information content (AvgIpc) is 3.37. The molecule has 1 aliphatic carbocycles. The summed E-state index contributed by atoms with van der Waals surface area (Å²) in [4.78, 5) is 27.7. The molecule has 2 fully saturated rings. The zero-order chi connectivity index (χ0) is 20.1. The van der Waals surface area contributed by atoms with Crippen molar-refractivity contribution in [3.05, 3.63) is 59.7 Å². The fourth-order valence-electron chi connectivity index (χ4n) is 5.34. The van der Waals surface area contributed by atoms with E-state index < -0.39 is 12.0 Å². The third-order valence-electron chi connectivity index (χ3n) is 6.83. The van der Waals surface area contributed by atoms with E-state index in [0.717, 1.165) is 0 Å². The number of nitrogens with zero attached hydrogens (tertiary/aromatic N) is 2. The van der Waals surface area contributed by atoms with Crippen molar-refractivity contribution in [3.8, 4) is 11.1 Å². The molecule has 6 nitrogen and oxygen atoms in total. The standard InChI is InChI=1S/C23H24N2O4/c1-24-20(22(26)27)10-14-11-25(12-21(14)24)23(28)29-13-19-17-8-4-2-6-15(17)16-7-3-5-9-18(16)19/h2-9,14,19-21H,10-13H2,1H3,(H,26,27)/t14-,20-,21+/m0/s1. The van der Waals surface area contributed by atoms with Crippen molar-refractivity contribution in [2.75, 3.05) is 26.7 Å². The number of amides is 1. The average molecular weight is 392 g/mol. The van der Waals surface area contributed by atoms with E-state index in [1.165, 1.54) is 22.3 Å². The molecule has 2 heterocycles. The number of likely N-dealkylation sites (N-methyl/N-ethyl adjacent to an activating group) is 1. The van der Waals surface area contributed by atoms with E-state index in [1.54, 1.807) is 4.90 Å². The molecule has 150 valence electrons. The number of fused-ring (bicyclic) bond motifs is 4. The lowest BCUT2D eigenvalue weighted by atomic mass is 9.98. The van der Waals surface area contributed by atoms with Crippen LogP contribution in [0.3, 0.4) is 0 Å². The van der Waals surface area contributed by atoms with Gasteiger partial charge in [-0.3, -0.25) is 9.69 Å². The molecule has 3 atom stereocenters. The number of likely N-dealkylation sites (tertiary alicyclic amines) is 2. The Morgan fingerprint density at radius 1 is 1.03 bits per heavy atom. The highest BCUT2D eigenvalue weighted by Crippen LogP contribution is 2.44. The number of hydrogen-bond donors (Lipinski definition) is 1. The topological polar surface area (TPSA) is 70.1 Å². The van der Waals surface area contributed by atoms with Crippen molar-refractivity contribution in [3.63, 3.8) is 0 Å². The fourth-order valence-corrected chi connectivity index (χ4v) is 5.34. The minimum atomic E-state index is -0.783. The number of carbonyl (C=O) groups is 2. The van der Waals surface area contributed by atoms with Gasteiger partial charge in [0.2, 0.25) is 0 Å². The molecule has 29 heavy (non-hydrogen) atoms. The molecule has 3 aliphatic rings. The number of aliphatic carboxylic acids is 1. The Balaban J connectivity index is 1.26. The third-order valence-corrected chi connectivity index (χ3v) is 6.83. The summed E-state index contributed by atoms with van der Waals surface area (Å²) >= 11 is 0. The highest BCUT2D eigenvalue weighted by Gasteiger charge is 2.48. The smallest absolute Gasteiger partial charge is 0.409 e. The normalized spacial score (nSPS) is 25.6. The molecule has 2 saturated heterocycles. The van der Waals surface area contributed by atoms with Gasteiger partial charge in [0.05, 0.1) is 0 Å². The first-order valence-electron chi connectivity index (χ1n) is 10.1. The van der Waals surface area contributed by atoms with Gasteiger partial charge in [-0.1, -0.05) is 48.5 Å². The van der Waals surface area contributed by atoms with Gasteiger partial charge in [-0.25, -0.2) is 4.79 Å². The van der Waals surface area contributed by atoms with Crippen molar-refractivity contribution in [2.45, 2.75) is 24.4 Å². The van der Waals surface area contributed by atoms with E-state index in [1.807, 2.05) is 36.2 Å². The number of carbonyl (C=O) groups excluding carboxylic acids is 1. The van der Waals surface area contributed by atoms with Crippen LogP contribution in [-0.4, -0.2) is 65.8 Å². The van der Waals surface area contributed by atoms with Gasteiger partial charge in [-0.2, -0.15) is 0 Å². The number of carboxylic acid groups (broad SMARTS) is 1. The summed E-state index contributed by atoms with van der Waals surface area (Å²) in [7, 11) is 1.84. The molecule has 2 aromatic rings. The van der Waals surface area contributed by atoms with E-state index in [2.05, 4.69) is 24.3 Å². The van der Waals surface area contributed by atoms with Gasteiger partial charge in [-0.05, 0) is 41.6 Å². The molecule has 0 bridgehead atoms. The zero-order valence-corrected chi connectivity index (χ0v) is 16.3. The van der Waals surface area contributed by atoms with Crippen LogP contribution in [0.5, 0.6) is 0 Å². The van der Waals surface area contributed by atoms with Crippen molar-refractivity contribution in [1.29, 1.82) is 0 Å². The summed E-state index contributed by atoms with van der Waals surface area (Å²) < 4.78 is 5.75. The first-order valence-corrected chi connectivity index (χ1v) is 10.1. The van der Waals surface area contributed by atoms with E-state index in [0.29, 0.717) is 26.1 Å². The van der Waals surface area contributed by atoms with E-state index in [4.69, 9.17) is 4.74 Å². The highest BCUT2D eigenvalue weighted by atomic mass is 16.6. The van der Waals surface area contributed by atoms with E-state index >= 15 is 0 Å². The van der Waals surface area contributed by atoms with Gasteiger partial charge in [0, 0.05) is 25.0 Å². The lowest BCUT2D eigenvalue weighted by Crippen LogP contribution is -2.42. The summed E-state index contributed by atoms with van der Waals surface area (Å²) in [5.41, 5.74) is 4.81. The van der Waals surface area contributed by atoms with Crippen molar-refractivity contribution in [2.24, 2.45) is 5.92 Å². The Hall–Kier alpha value is -2.86. The first kappa shape index (κ1) is 18.2. The van der Waals surface area contributed by atoms with Crippen LogP contribution in [-0.2, 0) is 9.53 Å². The maximum absolute atomic E-state index is 12.7. The zero-order valence-electron chi connectivity index (χ0n) is 16.3. The summed E-state index contributed by atoms with van der Waals surface area (Å²) in [6, 6.07) is 16.2. The third kappa shape index (κ3) is 2.90. The monoisotopic (exact) mass is 392 g/mol. The second-order valence-corrected chi connectivity index (χ2v) is 8.29. The van der Waals surface area contributed by atoms with Gasteiger partial charge in [0.15, 0.2) is 0 Å². The molecular formula is C23H24N2O4. The number of benzene rings is 2. The Morgan fingerprint density at radius 3 is 2.24 bits per heavy atom. The van der Waals surface area contributed by atoms with Gasteiger partial charge >= 0.3 is 12.1 Å². The lowest BCUT2D eigenvalue weighted by molar-refractivity contribution is -0.142. The summed E-state index contributed by atoms with van der Waals surface area (Å²) in [5.74, 6) is -0.538. The van der Waals surface area contributed by atoms with Crippen molar-refractivity contribution < 1.29 is 19.4 Å². The maximum atomic E-state index is 12.7. The summed E-state index contributed by atoms with van der Waals surface area (Å²) in [6.45, 7) is 1.41. The van der Waals surface area contributed by atoms with Crippen molar-refractivity contribution >= 4 is 12.1 Å². The van der Waals surface area contributed by atoms with E-state index in [9.17, 15) is 14.7 Å². The second-order valence-electron chi connectivity index (χ2n) is 8.29. The number of ether oxygens (including phenoxy) is 1. The Kier molecular flexibility index (Phi) is 4.32. The SMILES string of the molecule is CN1[C@@H]2CN(C(=O)OCC3c4ccccc4-c4ccccc43)C[C@@H]2C[C@H]1C(=O)O. The van der Waals surface area contributed by atoms with Gasteiger partial charge in [-0.15, -0.1) is 0 Å². The van der Waals surface area contributed by atoms with Gasteiger partial charge in [0.25, 0.3) is 0 Å². The molecule has 0 unspecified atom stereocenters. The number of carboxylic acids is 1. The van der Waals surface area contributed by atoms with Crippen LogP contribution in [0.4, 0.5) is 4.79 Å². The molecule has 6 heteroatoms. The molecule has 1 amide bonds. The molecule has 2 aliphatic heterocycles. The van der Waals surface area contributed by atoms with E-state index in [-0.39, 0.29) is 24.0 Å². The van der Waals surface area contributed by atoms with Crippen LogP contribution in [0.1, 0.15) is 23.5 Å². The second kappa shape index (κ2) is 6.88. The van der Waals surface area contributed by atoms with Crippen LogP contribution in [0.25, 0.3) is 11.1 Å². The molecule has 0 radical (unpaired) electrons. The van der Waals surface area contributed by atoms with Gasteiger partial charge in [0.1, 0.15) is 12.6 Å². The summed E-state index contributed by atoms with van der Waals surface area (Å²) in [6.07, 6.45) is 0.283. The Bertz CT molecular complexity index is 929. The molecule has 5 rings (SSSR count). The van der Waals surface area contributed by atoms with Crippen LogP contribution in [0.2, 0.25) is 0 Å². The number of hydrogen-bond acceptors (Lipinski definition) is 4. The predicted octanol–water partition coefficient (Wildman–Crippen LogP) is 3.02. The molecule has 1 N–H and O–H groups in total. The maximum Gasteiger partial charge on any atom is 0.409 e. The molecule has 0 spiro atoms. The molecule has 0 aromatic heterocycles. The quantitative estimate of drug-likeness (QED) is 0.870. The lowest BCUT2D eigenvalue weighted by Gasteiger charge is -2.24. The Morgan fingerprint density at radius 2 is 1.66 bits per heavy atom. The van der Waals surface area contributed by atoms with Crippen LogP contribution >= 0.6 is 0 Å². The van der Waals surface area contributed by atoms with Crippen LogP contribution in [0.15, 0.2) is 48.5 Å². The first-order chi connectivity index (χ1) is 14.0. The molecule has 2 aromatic carbocycles. The minimum Gasteiger partial charge on any atom is -0.480 e. The van der Waals surface area contributed by atoms with Crippen LogP contribution < -0.4 is 0 Å². The molecular weight excluding hydrogens is 368 g/mol. The largest absolute Gasteiger partial charge is 0.480 e. The van der Waals surface area contributed by atoms with Gasteiger partial charge < -0.3 is 14.7 Å².